The molecule has 0 spiro atoms. The lowest BCUT2D eigenvalue weighted by Crippen LogP contribution is -2.17. The maximum Gasteiger partial charge on any atom is 0.416 e. The smallest absolute Gasteiger partial charge is 0.299 e. The second kappa shape index (κ2) is 4.51. The second-order valence-corrected chi connectivity index (χ2v) is 4.38. The van der Waals surface area contributed by atoms with Crippen LogP contribution < -0.4 is 0 Å². The molecule has 2 rings (SSSR count). The first-order chi connectivity index (χ1) is 7.98. The Hall–Kier alpha value is -1.32. The van der Waals surface area contributed by atoms with Gasteiger partial charge in [0.1, 0.15) is 5.78 Å². The molecule has 0 aromatic heterocycles. The van der Waals surface area contributed by atoms with Gasteiger partial charge in [0.05, 0.1) is 5.56 Å². The number of hydrogen-bond donors (Lipinski definition) is 0. The zero-order valence-corrected chi connectivity index (χ0v) is 9.26. The Morgan fingerprint density at radius 1 is 1.06 bits per heavy atom. The van der Waals surface area contributed by atoms with E-state index in [1.165, 1.54) is 12.1 Å². The molecule has 1 aromatic carbocycles. The molecule has 0 radical (unpaired) electrons. The molecule has 1 aromatic rings. The van der Waals surface area contributed by atoms with E-state index in [1.54, 1.807) is 0 Å². The quantitative estimate of drug-likeness (QED) is 0.729. The minimum atomic E-state index is -4.31. The summed E-state index contributed by atoms with van der Waals surface area (Å²) in [6.45, 7) is 0. The zero-order valence-electron chi connectivity index (χ0n) is 9.26. The topological polar surface area (TPSA) is 17.1 Å². The number of benzene rings is 1. The molecule has 1 aliphatic rings. The van der Waals surface area contributed by atoms with E-state index in [2.05, 4.69) is 0 Å². The first kappa shape index (κ1) is 12.1. The molecule has 1 nitrogen and oxygen atoms in total. The maximum absolute atomic E-state index is 12.4. The van der Waals surface area contributed by atoms with Crippen molar-refractivity contribution < 1.29 is 18.0 Å². The Kier molecular flexibility index (Phi) is 3.22. The van der Waals surface area contributed by atoms with Gasteiger partial charge < -0.3 is 0 Å². The number of carbonyl (C=O) groups is 1. The summed E-state index contributed by atoms with van der Waals surface area (Å²) in [5.74, 6) is -0.0537. The van der Waals surface area contributed by atoms with E-state index in [4.69, 9.17) is 0 Å². The Morgan fingerprint density at radius 2 is 1.71 bits per heavy atom. The van der Waals surface area contributed by atoms with Crippen LogP contribution in [0.2, 0.25) is 0 Å². The molecule has 92 valence electrons. The molecule has 1 fully saturated rings. The molecule has 0 amide bonds. The van der Waals surface area contributed by atoms with Gasteiger partial charge in [-0.05, 0) is 30.5 Å². The number of hydrogen-bond acceptors (Lipinski definition) is 1. The van der Waals surface area contributed by atoms with Crippen molar-refractivity contribution in [3.63, 3.8) is 0 Å². The van der Waals surface area contributed by atoms with Crippen molar-refractivity contribution in [3.05, 3.63) is 35.4 Å². The van der Waals surface area contributed by atoms with Gasteiger partial charge in [0.15, 0.2) is 0 Å². The SMILES string of the molecule is O=C1CCCCC1c1ccc(C(F)(F)F)cc1. The lowest BCUT2D eigenvalue weighted by molar-refractivity contribution is -0.137. The lowest BCUT2D eigenvalue weighted by atomic mass is 9.83. The fourth-order valence-corrected chi connectivity index (χ4v) is 2.24. The van der Waals surface area contributed by atoms with Crippen molar-refractivity contribution in [3.8, 4) is 0 Å². The third kappa shape index (κ3) is 2.68. The van der Waals surface area contributed by atoms with Crippen LogP contribution in [0.15, 0.2) is 24.3 Å². The van der Waals surface area contributed by atoms with Gasteiger partial charge in [0.25, 0.3) is 0 Å². The number of Topliss-reactive ketones (excluding diaryl/α,β-unsaturated/α-hetero) is 1. The normalized spacial score (nSPS) is 21.6. The Labute approximate surface area is 97.6 Å². The van der Waals surface area contributed by atoms with Gasteiger partial charge in [-0.2, -0.15) is 13.2 Å². The zero-order chi connectivity index (χ0) is 12.5. The molecule has 1 aliphatic carbocycles. The highest BCUT2D eigenvalue weighted by Gasteiger charge is 2.31. The van der Waals surface area contributed by atoms with Crippen LogP contribution in [-0.2, 0) is 11.0 Å². The monoisotopic (exact) mass is 242 g/mol. The summed E-state index contributed by atoms with van der Waals surface area (Å²) in [6.07, 6.45) is -1.14. The molecule has 1 saturated carbocycles. The molecular weight excluding hydrogens is 229 g/mol. The molecule has 1 unspecified atom stereocenters. The third-order valence-electron chi connectivity index (χ3n) is 3.20. The van der Waals surface area contributed by atoms with Crippen molar-refractivity contribution in [1.29, 1.82) is 0 Å². The first-order valence-electron chi connectivity index (χ1n) is 5.68. The van der Waals surface area contributed by atoms with Gasteiger partial charge in [-0.25, -0.2) is 0 Å². The molecule has 4 heteroatoms. The van der Waals surface area contributed by atoms with Crippen LogP contribution in [0, 0.1) is 0 Å². The van der Waals surface area contributed by atoms with E-state index in [9.17, 15) is 18.0 Å². The van der Waals surface area contributed by atoms with Crippen molar-refractivity contribution in [2.24, 2.45) is 0 Å². The highest BCUT2D eigenvalue weighted by molar-refractivity contribution is 5.86. The number of halogens is 3. The average molecular weight is 242 g/mol. The van der Waals surface area contributed by atoms with Gasteiger partial charge in [-0.1, -0.05) is 18.6 Å². The summed E-state index contributed by atoms with van der Waals surface area (Å²) in [6, 6.07) is 4.96. The van der Waals surface area contributed by atoms with Gasteiger partial charge in [-0.15, -0.1) is 0 Å². The summed E-state index contributed by atoms with van der Waals surface area (Å²) in [4.78, 5) is 11.7. The molecule has 17 heavy (non-hydrogen) atoms. The van der Waals surface area contributed by atoms with Gasteiger partial charge in [0, 0.05) is 12.3 Å². The van der Waals surface area contributed by atoms with E-state index in [0.29, 0.717) is 12.0 Å². The van der Waals surface area contributed by atoms with E-state index >= 15 is 0 Å². The van der Waals surface area contributed by atoms with Crippen LogP contribution in [0.5, 0.6) is 0 Å². The van der Waals surface area contributed by atoms with Crippen LogP contribution in [-0.4, -0.2) is 5.78 Å². The van der Waals surface area contributed by atoms with Gasteiger partial charge in [0.2, 0.25) is 0 Å². The van der Waals surface area contributed by atoms with Crippen molar-refractivity contribution in [2.75, 3.05) is 0 Å². The predicted molar refractivity (Wildman–Crippen MR) is 57.7 cm³/mol. The molecule has 1 atom stereocenters. The largest absolute Gasteiger partial charge is 0.416 e. The van der Waals surface area contributed by atoms with Crippen molar-refractivity contribution in [2.45, 2.75) is 37.8 Å². The van der Waals surface area contributed by atoms with Crippen molar-refractivity contribution in [1.82, 2.24) is 0 Å². The fraction of sp³-hybridized carbons (Fsp3) is 0.462. The predicted octanol–water partition coefficient (Wildman–Crippen LogP) is 3.93. The molecular formula is C13H13F3O. The van der Waals surface area contributed by atoms with E-state index in [1.807, 2.05) is 0 Å². The number of alkyl halides is 3. The minimum Gasteiger partial charge on any atom is -0.299 e. The number of carbonyl (C=O) groups excluding carboxylic acids is 1. The van der Waals surface area contributed by atoms with Crippen LogP contribution in [0.4, 0.5) is 13.2 Å². The fourth-order valence-electron chi connectivity index (χ4n) is 2.24. The third-order valence-corrected chi connectivity index (χ3v) is 3.20. The summed E-state index contributed by atoms with van der Waals surface area (Å²) >= 11 is 0. The summed E-state index contributed by atoms with van der Waals surface area (Å²) in [7, 11) is 0. The second-order valence-electron chi connectivity index (χ2n) is 4.38. The van der Waals surface area contributed by atoms with E-state index in [0.717, 1.165) is 31.4 Å². The Balaban J connectivity index is 2.20. The van der Waals surface area contributed by atoms with Crippen LogP contribution in [0.1, 0.15) is 42.7 Å². The highest BCUT2D eigenvalue weighted by atomic mass is 19.4. The summed E-state index contributed by atoms with van der Waals surface area (Å²) in [5.41, 5.74) is 0.0483. The average Bonchev–Trinajstić information content (AvgIpc) is 2.29. The van der Waals surface area contributed by atoms with Gasteiger partial charge >= 0.3 is 6.18 Å². The highest BCUT2D eigenvalue weighted by Crippen LogP contribution is 2.33. The standard InChI is InChI=1S/C13H13F3O/c14-13(15,16)10-7-5-9(6-8-10)11-3-1-2-4-12(11)17/h5-8,11H,1-4H2. The number of rotatable bonds is 1. The molecule has 0 bridgehead atoms. The minimum absolute atomic E-state index is 0.149. The number of ketones is 1. The van der Waals surface area contributed by atoms with Crippen LogP contribution in [0.25, 0.3) is 0 Å². The van der Waals surface area contributed by atoms with Crippen LogP contribution >= 0.6 is 0 Å². The summed E-state index contributed by atoms with van der Waals surface area (Å²) in [5, 5.41) is 0. The lowest BCUT2D eigenvalue weighted by Gasteiger charge is -2.21. The molecule has 0 N–H and O–H groups in total. The van der Waals surface area contributed by atoms with Crippen molar-refractivity contribution >= 4 is 5.78 Å². The first-order valence-corrected chi connectivity index (χ1v) is 5.68. The molecule has 0 aliphatic heterocycles. The maximum atomic E-state index is 12.4. The van der Waals surface area contributed by atoms with Gasteiger partial charge in [-0.3, -0.25) is 4.79 Å². The Morgan fingerprint density at radius 3 is 2.24 bits per heavy atom. The Bertz CT molecular complexity index is 406. The van der Waals surface area contributed by atoms with E-state index in [-0.39, 0.29) is 11.7 Å². The molecule has 0 heterocycles. The summed E-state index contributed by atoms with van der Waals surface area (Å²) < 4.78 is 37.1. The van der Waals surface area contributed by atoms with E-state index < -0.39 is 11.7 Å². The molecule has 0 saturated heterocycles. The van der Waals surface area contributed by atoms with Crippen LogP contribution in [0.3, 0.4) is 0 Å².